The van der Waals surface area contributed by atoms with Gasteiger partial charge in [-0.25, -0.2) is 0 Å². The number of hydrogen-bond donors (Lipinski definition) is 3. The number of hydrogen-bond acceptors (Lipinski definition) is 5. The van der Waals surface area contributed by atoms with Gasteiger partial charge in [-0.05, 0) is 12.1 Å². The third kappa shape index (κ3) is 2.85. The highest BCUT2D eigenvalue weighted by molar-refractivity contribution is 5.98. The Morgan fingerprint density at radius 3 is 2.54 bits per heavy atom. The quantitative estimate of drug-likeness (QED) is 0.618. The van der Waals surface area contributed by atoms with Gasteiger partial charge in [-0.3, -0.25) is 18.8 Å². The summed E-state index contributed by atoms with van der Waals surface area (Å²) in [5.41, 5.74) is 1.63. The number of halogens is 3. The maximum Gasteiger partial charge on any atom is 0.417 e. The maximum absolute atomic E-state index is 13.3. The van der Waals surface area contributed by atoms with Crippen molar-refractivity contribution in [2.45, 2.75) is 19.0 Å². The third-order valence-corrected chi connectivity index (χ3v) is 3.69. The van der Waals surface area contributed by atoms with Gasteiger partial charge < -0.3 is 15.8 Å². The lowest BCUT2D eigenvalue weighted by atomic mass is 10.0. The van der Waals surface area contributed by atoms with Crippen LogP contribution in [0.5, 0.6) is 0 Å². The zero-order chi connectivity index (χ0) is 19.2. The minimum absolute atomic E-state index is 0.00144. The number of alkyl halides is 3. The number of nitrogens with zero attached hydrogens (tertiary/aromatic N) is 3. The third-order valence-electron chi connectivity index (χ3n) is 3.69. The van der Waals surface area contributed by atoms with E-state index in [1.165, 1.54) is 0 Å². The van der Waals surface area contributed by atoms with Crippen LogP contribution in [0.1, 0.15) is 28.2 Å². The van der Waals surface area contributed by atoms with Gasteiger partial charge in [0.05, 0.1) is 28.6 Å². The summed E-state index contributed by atoms with van der Waals surface area (Å²) in [5.74, 6) is -2.46. The molecule has 0 atom stereocenters. The van der Waals surface area contributed by atoms with Crippen molar-refractivity contribution in [3.63, 3.8) is 0 Å². The molecule has 0 saturated heterocycles. The molecular weight excluding hydrogens is 359 g/mol. The lowest BCUT2D eigenvalue weighted by Gasteiger charge is -2.13. The Kier molecular flexibility index (Phi) is 3.89. The summed E-state index contributed by atoms with van der Waals surface area (Å²) in [4.78, 5) is 36.5. The van der Waals surface area contributed by atoms with E-state index in [9.17, 15) is 27.6 Å². The second-order valence-electron chi connectivity index (χ2n) is 5.40. The molecule has 0 fully saturated rings. The lowest BCUT2D eigenvalue weighted by Crippen LogP contribution is -2.20. The monoisotopic (exact) mass is 369 g/mol. The average Bonchev–Trinajstić information content (AvgIpc) is 2.95. The van der Waals surface area contributed by atoms with Crippen molar-refractivity contribution >= 4 is 28.6 Å². The fourth-order valence-corrected chi connectivity index (χ4v) is 2.59. The molecular formula is C14H10F3N5O4. The summed E-state index contributed by atoms with van der Waals surface area (Å²) in [6.45, 7) is 0. The van der Waals surface area contributed by atoms with Gasteiger partial charge in [-0.1, -0.05) is 0 Å². The van der Waals surface area contributed by atoms with E-state index in [0.717, 1.165) is 10.5 Å². The number of carboxylic acids is 1. The Morgan fingerprint density at radius 1 is 1.27 bits per heavy atom. The molecule has 0 unspecified atom stereocenters. The normalized spacial score (nSPS) is 12.0. The molecule has 4 N–H and O–H groups in total. The van der Waals surface area contributed by atoms with Crippen LogP contribution in [-0.2, 0) is 17.4 Å². The van der Waals surface area contributed by atoms with Crippen LogP contribution in [0.2, 0.25) is 0 Å². The number of amides is 1. The van der Waals surface area contributed by atoms with Crippen molar-refractivity contribution in [2.75, 3.05) is 0 Å². The molecule has 3 rings (SSSR count). The van der Waals surface area contributed by atoms with E-state index in [2.05, 4.69) is 15.2 Å². The number of fused-ring (bicyclic) bond motifs is 3. The average molecular weight is 369 g/mol. The van der Waals surface area contributed by atoms with E-state index in [1.807, 2.05) is 0 Å². The zero-order valence-corrected chi connectivity index (χ0v) is 12.8. The first kappa shape index (κ1) is 17.4. The Hall–Kier alpha value is -3.44. The SMILES string of the molecule is NC(=O)c1cc2[nH]c(=O)c3nnc(CCC(=O)O)n3c2cc1C(F)(F)F. The number of aliphatic carboxylic acids is 1. The minimum atomic E-state index is -4.88. The first-order valence-corrected chi connectivity index (χ1v) is 7.12. The smallest absolute Gasteiger partial charge is 0.417 e. The molecule has 1 amide bonds. The zero-order valence-electron chi connectivity index (χ0n) is 12.8. The van der Waals surface area contributed by atoms with Crippen LogP contribution < -0.4 is 11.3 Å². The van der Waals surface area contributed by atoms with Gasteiger partial charge in [0.2, 0.25) is 11.6 Å². The van der Waals surface area contributed by atoms with Crippen LogP contribution in [0.15, 0.2) is 16.9 Å². The Balaban J connectivity index is 2.40. The molecule has 0 aliphatic rings. The number of carboxylic acid groups (broad SMARTS) is 1. The van der Waals surface area contributed by atoms with E-state index in [0.29, 0.717) is 6.07 Å². The van der Waals surface area contributed by atoms with Gasteiger partial charge >= 0.3 is 12.1 Å². The molecule has 0 radical (unpaired) electrons. The molecule has 2 heterocycles. The summed E-state index contributed by atoms with van der Waals surface area (Å²) in [5, 5.41) is 16.1. The van der Waals surface area contributed by atoms with Gasteiger partial charge in [-0.15, -0.1) is 10.2 Å². The van der Waals surface area contributed by atoms with Crippen molar-refractivity contribution < 1.29 is 27.9 Å². The van der Waals surface area contributed by atoms with Gasteiger partial charge in [0.15, 0.2) is 0 Å². The number of primary amides is 1. The minimum Gasteiger partial charge on any atom is -0.481 e. The molecule has 0 saturated carbocycles. The highest BCUT2D eigenvalue weighted by Crippen LogP contribution is 2.34. The molecule has 2 aromatic heterocycles. The highest BCUT2D eigenvalue weighted by atomic mass is 19.4. The van der Waals surface area contributed by atoms with Crippen molar-refractivity contribution in [2.24, 2.45) is 5.73 Å². The van der Waals surface area contributed by atoms with Crippen molar-refractivity contribution in [3.05, 3.63) is 39.4 Å². The van der Waals surface area contributed by atoms with Crippen LogP contribution in [0, 0.1) is 0 Å². The predicted octanol–water partition coefficient (Wildman–Crippen LogP) is 0.706. The van der Waals surface area contributed by atoms with E-state index in [4.69, 9.17) is 10.8 Å². The second kappa shape index (κ2) is 5.82. The molecule has 26 heavy (non-hydrogen) atoms. The predicted molar refractivity (Wildman–Crippen MR) is 80.6 cm³/mol. The number of carbonyl (C=O) groups excluding carboxylic acids is 1. The van der Waals surface area contributed by atoms with Crippen LogP contribution in [0.25, 0.3) is 16.7 Å². The summed E-state index contributed by atoms with van der Waals surface area (Å²) < 4.78 is 40.9. The number of carbonyl (C=O) groups is 2. The Bertz CT molecular complexity index is 1120. The van der Waals surface area contributed by atoms with Crippen molar-refractivity contribution in [1.29, 1.82) is 0 Å². The van der Waals surface area contributed by atoms with Gasteiger partial charge in [-0.2, -0.15) is 13.2 Å². The molecule has 1 aromatic carbocycles. The molecule has 0 aliphatic carbocycles. The number of nitrogens with two attached hydrogens (primary N) is 1. The second-order valence-corrected chi connectivity index (χ2v) is 5.40. The number of aromatic nitrogens is 4. The van der Waals surface area contributed by atoms with Crippen LogP contribution in [-0.4, -0.2) is 36.6 Å². The number of nitrogens with one attached hydrogen (secondary N) is 1. The maximum atomic E-state index is 13.3. The molecule has 9 nitrogen and oxygen atoms in total. The highest BCUT2D eigenvalue weighted by Gasteiger charge is 2.35. The first-order valence-electron chi connectivity index (χ1n) is 7.12. The summed E-state index contributed by atoms with van der Waals surface area (Å²) in [6, 6.07) is 1.47. The van der Waals surface area contributed by atoms with Gasteiger partial charge in [0.25, 0.3) is 5.56 Å². The van der Waals surface area contributed by atoms with Crippen molar-refractivity contribution in [3.8, 4) is 0 Å². The fraction of sp³-hybridized carbons (Fsp3) is 0.214. The van der Waals surface area contributed by atoms with Crippen LogP contribution in [0.3, 0.4) is 0 Å². The van der Waals surface area contributed by atoms with E-state index in [-0.39, 0.29) is 35.3 Å². The first-order chi connectivity index (χ1) is 12.1. The molecule has 12 heteroatoms. The Labute approximate surface area is 141 Å². The van der Waals surface area contributed by atoms with Gasteiger partial charge in [0.1, 0.15) is 5.82 Å². The summed E-state index contributed by atoms with van der Waals surface area (Å²) in [7, 11) is 0. The standard InChI is InChI=1S/C14H10F3N5O4/c15-14(16,17)6-4-8-7(3-5(6)11(18)25)19-13(26)12-21-20-9(22(8)12)1-2-10(23)24/h3-4H,1-2H2,(H2,18,25)(H,19,26)(H,23,24). The van der Waals surface area contributed by atoms with E-state index < -0.39 is 34.7 Å². The summed E-state index contributed by atoms with van der Waals surface area (Å²) in [6.07, 6.45) is -5.40. The number of benzene rings is 1. The van der Waals surface area contributed by atoms with Gasteiger partial charge in [0, 0.05) is 6.42 Å². The molecule has 3 aromatic rings. The summed E-state index contributed by atoms with van der Waals surface area (Å²) >= 11 is 0. The number of rotatable bonds is 4. The van der Waals surface area contributed by atoms with Crippen molar-refractivity contribution in [1.82, 2.24) is 19.6 Å². The molecule has 136 valence electrons. The molecule has 0 spiro atoms. The Morgan fingerprint density at radius 2 is 1.96 bits per heavy atom. The van der Waals surface area contributed by atoms with E-state index in [1.54, 1.807) is 0 Å². The van der Waals surface area contributed by atoms with Crippen LogP contribution in [0.4, 0.5) is 13.2 Å². The largest absolute Gasteiger partial charge is 0.481 e. The van der Waals surface area contributed by atoms with Crippen LogP contribution >= 0.6 is 0 Å². The molecule has 0 bridgehead atoms. The fourth-order valence-electron chi connectivity index (χ4n) is 2.59. The number of aryl methyl sites for hydroxylation is 1. The number of aromatic amines is 1. The lowest BCUT2D eigenvalue weighted by molar-refractivity contribution is -0.138. The number of H-pyrrole nitrogens is 1. The molecule has 0 aliphatic heterocycles. The van der Waals surface area contributed by atoms with E-state index >= 15 is 0 Å². The topological polar surface area (TPSA) is 143 Å².